The third-order valence-corrected chi connectivity index (χ3v) is 2.65. The molecule has 0 radical (unpaired) electrons. The normalized spacial score (nSPS) is 12.0. The van der Waals surface area contributed by atoms with Gasteiger partial charge in [-0.15, -0.1) is 0 Å². The van der Waals surface area contributed by atoms with Gasteiger partial charge in [-0.05, 0) is 36.9 Å². The van der Waals surface area contributed by atoms with Crippen LogP contribution in [0.25, 0.3) is 0 Å². The molecule has 6 heteroatoms. The van der Waals surface area contributed by atoms with E-state index in [0.29, 0.717) is 5.16 Å². The van der Waals surface area contributed by atoms with Crippen molar-refractivity contribution in [2.24, 2.45) is 5.73 Å². The van der Waals surface area contributed by atoms with E-state index in [1.165, 1.54) is 0 Å². The average Bonchev–Trinajstić information content (AvgIpc) is 2.04. The lowest BCUT2D eigenvalue weighted by molar-refractivity contribution is -0.387. The van der Waals surface area contributed by atoms with Crippen LogP contribution in [0.2, 0.25) is 0 Å². The van der Waals surface area contributed by atoms with E-state index in [-0.39, 0.29) is 18.2 Å². The van der Waals surface area contributed by atoms with Crippen LogP contribution in [0.3, 0.4) is 0 Å². The summed E-state index contributed by atoms with van der Waals surface area (Å²) in [6.07, 6.45) is 1.74. The van der Waals surface area contributed by atoms with Crippen molar-refractivity contribution in [1.29, 1.82) is 0 Å². The molecule has 0 fully saturated rings. The van der Waals surface area contributed by atoms with Crippen molar-refractivity contribution in [1.82, 2.24) is 0 Å². The fourth-order valence-corrected chi connectivity index (χ4v) is 1.34. The topological polar surface area (TPSA) is 40.0 Å². The first-order valence-corrected chi connectivity index (χ1v) is 5.61. The van der Waals surface area contributed by atoms with Gasteiger partial charge in [-0.3, -0.25) is 5.73 Å². The molecule has 0 unspecified atom stereocenters. The molecular weight excluding hydrogens is 278 g/mol. The molecule has 3 N–H and O–H groups in total. The number of nitrogens with one attached hydrogen (secondary N) is 1. The molecule has 0 saturated heterocycles. The van der Waals surface area contributed by atoms with Crippen molar-refractivity contribution >= 4 is 40.6 Å². The van der Waals surface area contributed by atoms with Gasteiger partial charge in [0.15, 0.2) is 5.16 Å². The maximum Gasteiger partial charge on any atom is 0.282 e. The smallest absolute Gasteiger partial charge is 0.282 e. The summed E-state index contributed by atoms with van der Waals surface area (Å²) in [5, 5.41) is 0.514. The fraction of sp³-hybridized carbons (Fsp3) is 0.667. The summed E-state index contributed by atoms with van der Waals surface area (Å²) in [6, 6.07) is 0. The SMILES string of the molecule is CCC(CC)=C(Cl)/[NH+]=C(/N)C(C)(Cl)Cl.[Cl-]. The number of rotatable bonds is 4. The Balaban J connectivity index is 0. The Bertz CT molecular complexity index is 247. The van der Waals surface area contributed by atoms with E-state index in [0.717, 1.165) is 18.4 Å². The zero-order valence-electron chi connectivity index (χ0n) is 9.00. The van der Waals surface area contributed by atoms with Crippen molar-refractivity contribution in [2.75, 3.05) is 0 Å². The molecule has 15 heavy (non-hydrogen) atoms. The molecule has 0 amide bonds. The number of halogens is 4. The van der Waals surface area contributed by atoms with Crippen LogP contribution in [-0.4, -0.2) is 10.2 Å². The highest BCUT2D eigenvalue weighted by Gasteiger charge is 2.27. The molecule has 0 aromatic carbocycles. The zero-order chi connectivity index (χ0) is 11.4. The van der Waals surface area contributed by atoms with E-state index in [1.54, 1.807) is 6.92 Å². The van der Waals surface area contributed by atoms with Gasteiger partial charge in [-0.25, -0.2) is 4.99 Å². The lowest BCUT2D eigenvalue weighted by Crippen LogP contribution is -3.00. The standard InChI is InChI=1S/C9H15Cl3N2.ClH/c1-4-6(5-2)7(10)14-8(13)9(3,11)12;/h4-5H2,1-3H3,(H2,13,14);1H. The lowest BCUT2D eigenvalue weighted by Gasteiger charge is -2.07. The Morgan fingerprint density at radius 2 is 1.67 bits per heavy atom. The highest BCUT2D eigenvalue weighted by molar-refractivity contribution is 6.57. The van der Waals surface area contributed by atoms with Crippen molar-refractivity contribution in [2.45, 2.75) is 37.9 Å². The highest BCUT2D eigenvalue weighted by Crippen LogP contribution is 2.17. The Hall–Kier alpha value is 0.370. The second-order valence-corrected chi connectivity index (χ2v) is 5.13. The van der Waals surface area contributed by atoms with Crippen LogP contribution in [0.4, 0.5) is 0 Å². The molecule has 0 rings (SSSR count). The third-order valence-electron chi connectivity index (χ3n) is 1.88. The molecule has 90 valence electrons. The van der Waals surface area contributed by atoms with Gasteiger partial charge in [0.25, 0.3) is 5.84 Å². The number of hydrogen-bond donors (Lipinski definition) is 2. The molecule has 0 saturated carbocycles. The van der Waals surface area contributed by atoms with Crippen LogP contribution in [0.1, 0.15) is 33.6 Å². The number of hydrogen-bond acceptors (Lipinski definition) is 0. The monoisotopic (exact) mass is 292 g/mol. The second kappa shape index (κ2) is 7.61. The number of nitrogens with two attached hydrogens (primary N) is 1. The van der Waals surface area contributed by atoms with Gasteiger partial charge in [0, 0.05) is 0 Å². The van der Waals surface area contributed by atoms with Gasteiger partial charge in [0.2, 0.25) is 4.33 Å². The van der Waals surface area contributed by atoms with Gasteiger partial charge in [0.1, 0.15) is 0 Å². The van der Waals surface area contributed by atoms with E-state index in [1.807, 2.05) is 13.8 Å². The molecule has 0 atom stereocenters. The van der Waals surface area contributed by atoms with Crippen molar-refractivity contribution in [3.05, 3.63) is 10.7 Å². The first-order chi connectivity index (χ1) is 6.32. The molecule has 0 bridgehead atoms. The summed E-state index contributed by atoms with van der Waals surface area (Å²) in [7, 11) is 0. The molecule has 0 spiro atoms. The van der Waals surface area contributed by atoms with Crippen LogP contribution in [-0.2, 0) is 0 Å². The molecule has 0 aliphatic heterocycles. The molecule has 2 nitrogen and oxygen atoms in total. The molecular formula is C9H16Cl4N2. The minimum atomic E-state index is -1.12. The summed E-state index contributed by atoms with van der Waals surface area (Å²) in [5.74, 6) is 0.241. The van der Waals surface area contributed by atoms with E-state index in [4.69, 9.17) is 40.5 Å². The number of alkyl halides is 2. The summed E-state index contributed by atoms with van der Waals surface area (Å²) in [5.41, 5.74) is 6.71. The van der Waals surface area contributed by atoms with Crippen LogP contribution < -0.4 is 23.1 Å². The molecule has 0 heterocycles. The average molecular weight is 294 g/mol. The Kier molecular flexibility index (Phi) is 9.01. The van der Waals surface area contributed by atoms with Crippen molar-refractivity contribution in [3.8, 4) is 0 Å². The second-order valence-electron chi connectivity index (χ2n) is 3.05. The van der Waals surface area contributed by atoms with Gasteiger partial charge >= 0.3 is 0 Å². The van der Waals surface area contributed by atoms with Crippen molar-refractivity contribution < 1.29 is 17.4 Å². The predicted octanol–water partition coefficient (Wildman–Crippen LogP) is -1.11. The minimum absolute atomic E-state index is 0. The quantitative estimate of drug-likeness (QED) is 0.294. The maximum absolute atomic E-state index is 6.00. The molecule has 0 aliphatic carbocycles. The van der Waals surface area contributed by atoms with Crippen LogP contribution in [0.15, 0.2) is 10.7 Å². The lowest BCUT2D eigenvalue weighted by atomic mass is 10.2. The largest absolute Gasteiger partial charge is 1.00 e. The molecule has 0 aliphatic rings. The summed E-state index contributed by atoms with van der Waals surface area (Å²) >= 11 is 17.6. The Labute approximate surface area is 112 Å². The van der Waals surface area contributed by atoms with Crippen molar-refractivity contribution in [3.63, 3.8) is 0 Å². The Morgan fingerprint density at radius 3 is 1.93 bits per heavy atom. The van der Waals surface area contributed by atoms with E-state index < -0.39 is 4.33 Å². The molecule has 0 aromatic rings. The van der Waals surface area contributed by atoms with E-state index in [2.05, 4.69) is 4.99 Å². The number of amidine groups is 1. The maximum atomic E-state index is 6.00. The predicted molar refractivity (Wildman–Crippen MR) is 63.7 cm³/mol. The summed E-state index contributed by atoms with van der Waals surface area (Å²) < 4.78 is -1.12. The third kappa shape index (κ3) is 6.52. The summed E-state index contributed by atoms with van der Waals surface area (Å²) in [4.78, 5) is 2.80. The molecule has 0 aromatic heterocycles. The van der Waals surface area contributed by atoms with Gasteiger partial charge in [-0.1, -0.05) is 37.0 Å². The number of allylic oxidation sites excluding steroid dienone is 1. The van der Waals surface area contributed by atoms with Gasteiger partial charge < -0.3 is 12.4 Å². The van der Waals surface area contributed by atoms with Gasteiger partial charge in [0.05, 0.1) is 0 Å². The highest BCUT2D eigenvalue weighted by atomic mass is 35.5. The fourth-order valence-electron chi connectivity index (χ4n) is 0.877. The van der Waals surface area contributed by atoms with Crippen LogP contribution in [0, 0.1) is 0 Å². The zero-order valence-corrected chi connectivity index (χ0v) is 12.0. The van der Waals surface area contributed by atoms with E-state index >= 15 is 0 Å². The first-order valence-electron chi connectivity index (χ1n) is 4.48. The van der Waals surface area contributed by atoms with E-state index in [9.17, 15) is 0 Å². The van der Waals surface area contributed by atoms with Crippen LogP contribution >= 0.6 is 34.8 Å². The minimum Gasteiger partial charge on any atom is -1.00 e. The first kappa shape index (κ1) is 17.8. The van der Waals surface area contributed by atoms with Crippen LogP contribution in [0.5, 0.6) is 0 Å². The van der Waals surface area contributed by atoms with Gasteiger partial charge in [-0.2, -0.15) is 0 Å². The Morgan fingerprint density at radius 1 is 1.27 bits per heavy atom. The summed E-state index contributed by atoms with van der Waals surface area (Å²) in [6.45, 7) is 5.64.